The van der Waals surface area contributed by atoms with Crippen LogP contribution in [0.1, 0.15) is 34.1 Å². The van der Waals surface area contributed by atoms with Crippen LogP contribution >= 0.6 is 0 Å². The summed E-state index contributed by atoms with van der Waals surface area (Å²) in [6.07, 6.45) is -3.92. The van der Waals surface area contributed by atoms with Gasteiger partial charge in [-0.15, -0.1) is 13.2 Å². The molecule has 1 unspecified atom stereocenters. The van der Waals surface area contributed by atoms with E-state index < -0.39 is 12.0 Å². The van der Waals surface area contributed by atoms with Crippen molar-refractivity contribution in [3.8, 4) is 5.75 Å². The SMILES string of the molecule is CC1(C)CC(Nc2cccc(OC(F)(F)F)c2)C(C)(C)O1. The maximum absolute atomic E-state index is 12.2. The van der Waals surface area contributed by atoms with Gasteiger partial charge in [0.15, 0.2) is 0 Å². The Bertz CT molecular complexity index is 512. The molecule has 1 aliphatic rings. The Hall–Kier alpha value is -1.43. The Morgan fingerprint density at radius 3 is 2.43 bits per heavy atom. The Morgan fingerprint density at radius 2 is 1.90 bits per heavy atom. The molecule has 1 fully saturated rings. The van der Waals surface area contributed by atoms with E-state index in [1.807, 2.05) is 27.7 Å². The highest BCUT2D eigenvalue weighted by molar-refractivity contribution is 5.49. The van der Waals surface area contributed by atoms with Crippen molar-refractivity contribution < 1.29 is 22.6 Å². The maximum Gasteiger partial charge on any atom is 0.573 e. The summed E-state index contributed by atoms with van der Waals surface area (Å²) in [5.41, 5.74) is -0.0813. The second kappa shape index (κ2) is 5.09. The van der Waals surface area contributed by atoms with Crippen LogP contribution in [0.25, 0.3) is 0 Å². The van der Waals surface area contributed by atoms with E-state index in [1.54, 1.807) is 6.07 Å². The van der Waals surface area contributed by atoms with Gasteiger partial charge in [0.05, 0.1) is 17.2 Å². The standard InChI is InChI=1S/C15H20F3NO2/c1-13(2)9-12(14(3,4)21-13)19-10-6-5-7-11(8-10)20-15(16,17)18/h5-8,12,19H,9H2,1-4H3. The zero-order valence-electron chi connectivity index (χ0n) is 12.5. The molecule has 118 valence electrons. The second-order valence-electron chi connectivity index (χ2n) is 6.44. The monoisotopic (exact) mass is 303 g/mol. The van der Waals surface area contributed by atoms with Crippen LogP contribution in [0.5, 0.6) is 5.75 Å². The number of nitrogens with one attached hydrogen (secondary N) is 1. The summed E-state index contributed by atoms with van der Waals surface area (Å²) in [6.45, 7) is 7.93. The molecule has 1 N–H and O–H groups in total. The van der Waals surface area contributed by atoms with Gasteiger partial charge in [-0.25, -0.2) is 0 Å². The van der Waals surface area contributed by atoms with Crippen molar-refractivity contribution in [3.05, 3.63) is 24.3 Å². The predicted molar refractivity (Wildman–Crippen MR) is 74.4 cm³/mol. The number of anilines is 1. The first kappa shape index (κ1) is 15.9. The topological polar surface area (TPSA) is 30.5 Å². The molecule has 1 aromatic rings. The van der Waals surface area contributed by atoms with E-state index in [0.29, 0.717) is 5.69 Å². The highest BCUT2D eigenvalue weighted by Crippen LogP contribution is 2.39. The molecule has 1 aliphatic heterocycles. The number of benzene rings is 1. The lowest BCUT2D eigenvalue weighted by Gasteiger charge is -2.28. The van der Waals surface area contributed by atoms with Crippen LogP contribution in [0.15, 0.2) is 24.3 Å². The lowest BCUT2D eigenvalue weighted by atomic mass is 9.94. The number of halogens is 3. The second-order valence-corrected chi connectivity index (χ2v) is 6.44. The van der Waals surface area contributed by atoms with Gasteiger partial charge < -0.3 is 14.8 Å². The molecule has 1 saturated heterocycles. The van der Waals surface area contributed by atoms with Gasteiger partial charge in [0.25, 0.3) is 0 Å². The average Bonchev–Trinajstić information content (AvgIpc) is 2.44. The quantitative estimate of drug-likeness (QED) is 0.901. The number of alkyl halides is 3. The van der Waals surface area contributed by atoms with E-state index in [2.05, 4.69) is 10.1 Å². The van der Waals surface area contributed by atoms with E-state index in [0.717, 1.165) is 6.42 Å². The Balaban J connectivity index is 2.12. The first-order valence-corrected chi connectivity index (χ1v) is 6.79. The Labute approximate surface area is 122 Å². The smallest absolute Gasteiger partial charge is 0.406 e. The summed E-state index contributed by atoms with van der Waals surface area (Å²) in [4.78, 5) is 0. The van der Waals surface area contributed by atoms with Gasteiger partial charge in [0, 0.05) is 11.8 Å². The van der Waals surface area contributed by atoms with Crippen LogP contribution in [0.4, 0.5) is 18.9 Å². The van der Waals surface area contributed by atoms with Gasteiger partial charge in [0.1, 0.15) is 5.75 Å². The van der Waals surface area contributed by atoms with Crippen LogP contribution in [0.3, 0.4) is 0 Å². The summed E-state index contributed by atoms with van der Waals surface area (Å²) in [5.74, 6) is -0.233. The number of hydrogen-bond donors (Lipinski definition) is 1. The van der Waals surface area contributed by atoms with Crippen LogP contribution in [-0.4, -0.2) is 23.6 Å². The fourth-order valence-corrected chi connectivity index (χ4v) is 2.77. The third kappa shape index (κ3) is 4.27. The minimum absolute atomic E-state index is 0.00800. The first-order valence-electron chi connectivity index (χ1n) is 6.79. The summed E-state index contributed by atoms with van der Waals surface area (Å²) in [7, 11) is 0. The van der Waals surface area contributed by atoms with Gasteiger partial charge in [-0.3, -0.25) is 0 Å². The number of rotatable bonds is 3. The molecule has 1 aromatic carbocycles. The van der Waals surface area contributed by atoms with Crippen molar-refractivity contribution in [2.24, 2.45) is 0 Å². The van der Waals surface area contributed by atoms with Crippen molar-refractivity contribution in [2.75, 3.05) is 5.32 Å². The molecular formula is C15H20F3NO2. The van der Waals surface area contributed by atoms with Gasteiger partial charge >= 0.3 is 6.36 Å². The van der Waals surface area contributed by atoms with Crippen molar-refractivity contribution >= 4 is 5.69 Å². The minimum atomic E-state index is -4.68. The van der Waals surface area contributed by atoms with Crippen LogP contribution in [0, 0.1) is 0 Å². The summed E-state index contributed by atoms with van der Waals surface area (Å²) in [5, 5.41) is 3.24. The molecule has 0 radical (unpaired) electrons. The highest BCUT2D eigenvalue weighted by Gasteiger charge is 2.45. The highest BCUT2D eigenvalue weighted by atomic mass is 19.4. The molecule has 0 spiro atoms. The average molecular weight is 303 g/mol. The zero-order chi connectivity index (χ0) is 15.9. The van der Waals surface area contributed by atoms with Crippen LogP contribution in [0.2, 0.25) is 0 Å². The Morgan fingerprint density at radius 1 is 1.24 bits per heavy atom. The van der Waals surface area contributed by atoms with Crippen LogP contribution < -0.4 is 10.1 Å². The molecule has 0 aliphatic carbocycles. The van der Waals surface area contributed by atoms with Gasteiger partial charge in [-0.05, 0) is 46.2 Å². The molecule has 2 rings (SSSR count). The molecule has 3 nitrogen and oxygen atoms in total. The first-order chi connectivity index (χ1) is 9.47. The van der Waals surface area contributed by atoms with Gasteiger partial charge in [-0.2, -0.15) is 0 Å². The zero-order valence-corrected chi connectivity index (χ0v) is 12.5. The van der Waals surface area contributed by atoms with Crippen molar-refractivity contribution in [1.82, 2.24) is 0 Å². The summed E-state index contributed by atoms with van der Waals surface area (Å²) >= 11 is 0. The summed E-state index contributed by atoms with van der Waals surface area (Å²) < 4.78 is 46.6. The third-order valence-electron chi connectivity index (χ3n) is 3.48. The molecule has 0 aromatic heterocycles. The fraction of sp³-hybridized carbons (Fsp3) is 0.600. The maximum atomic E-state index is 12.2. The lowest BCUT2D eigenvalue weighted by molar-refractivity contribution is -0.274. The minimum Gasteiger partial charge on any atom is -0.406 e. The van der Waals surface area contributed by atoms with Gasteiger partial charge in [0.2, 0.25) is 0 Å². The normalized spacial score (nSPS) is 23.9. The number of hydrogen-bond acceptors (Lipinski definition) is 3. The molecule has 0 amide bonds. The third-order valence-corrected chi connectivity index (χ3v) is 3.48. The Kier molecular flexibility index (Phi) is 3.86. The molecule has 1 atom stereocenters. The van der Waals surface area contributed by atoms with E-state index in [4.69, 9.17) is 4.74 Å². The molecule has 6 heteroatoms. The summed E-state index contributed by atoms with van der Waals surface area (Å²) in [6, 6.07) is 5.86. The van der Waals surface area contributed by atoms with E-state index in [-0.39, 0.29) is 17.4 Å². The molecule has 1 heterocycles. The number of ether oxygens (including phenoxy) is 2. The van der Waals surface area contributed by atoms with E-state index >= 15 is 0 Å². The van der Waals surface area contributed by atoms with Gasteiger partial charge in [-0.1, -0.05) is 6.07 Å². The van der Waals surface area contributed by atoms with Crippen molar-refractivity contribution in [2.45, 2.75) is 57.7 Å². The van der Waals surface area contributed by atoms with Crippen molar-refractivity contribution in [1.29, 1.82) is 0 Å². The fourth-order valence-electron chi connectivity index (χ4n) is 2.77. The van der Waals surface area contributed by atoms with Crippen molar-refractivity contribution in [3.63, 3.8) is 0 Å². The molecule has 21 heavy (non-hydrogen) atoms. The molecular weight excluding hydrogens is 283 g/mol. The van der Waals surface area contributed by atoms with Crippen LogP contribution in [-0.2, 0) is 4.74 Å². The van der Waals surface area contributed by atoms with E-state index in [1.165, 1.54) is 18.2 Å². The molecule has 0 saturated carbocycles. The largest absolute Gasteiger partial charge is 0.573 e. The predicted octanol–water partition coefficient (Wildman–Crippen LogP) is 4.34. The lowest BCUT2D eigenvalue weighted by Crippen LogP contribution is -2.38. The molecule has 0 bridgehead atoms. The van der Waals surface area contributed by atoms with E-state index in [9.17, 15) is 13.2 Å².